The van der Waals surface area contributed by atoms with Gasteiger partial charge in [-0.3, -0.25) is 0 Å². The van der Waals surface area contributed by atoms with Crippen LogP contribution in [-0.4, -0.2) is 43.8 Å². The summed E-state index contributed by atoms with van der Waals surface area (Å²) in [6, 6.07) is 0. The molecule has 0 amide bonds. The minimum atomic E-state index is -0.161. The second-order valence-electron chi connectivity index (χ2n) is 3.19. The van der Waals surface area contributed by atoms with Gasteiger partial charge < -0.3 is 14.4 Å². The van der Waals surface area contributed by atoms with Gasteiger partial charge in [-0.1, -0.05) is 0 Å². The highest BCUT2D eigenvalue weighted by atomic mass is 16.5. The van der Waals surface area contributed by atoms with E-state index < -0.39 is 0 Å². The van der Waals surface area contributed by atoms with Crippen molar-refractivity contribution in [2.75, 3.05) is 32.9 Å². The van der Waals surface area contributed by atoms with Crippen molar-refractivity contribution < 1.29 is 14.3 Å². The lowest BCUT2D eigenvalue weighted by molar-refractivity contribution is -0.135. The van der Waals surface area contributed by atoms with E-state index in [1.807, 2.05) is 6.20 Å². The van der Waals surface area contributed by atoms with E-state index in [1.54, 1.807) is 0 Å². The quantitative estimate of drug-likeness (QED) is 0.428. The first-order chi connectivity index (χ1) is 6.36. The van der Waals surface area contributed by atoms with Gasteiger partial charge in [0.05, 0.1) is 25.4 Å². The van der Waals surface area contributed by atoms with E-state index in [1.165, 1.54) is 0 Å². The number of rotatable bonds is 1. The molecule has 2 fully saturated rings. The molecule has 0 aromatic carbocycles. The zero-order valence-electron chi connectivity index (χ0n) is 7.49. The Bertz CT molecular complexity index is 231. The average Bonchev–Trinajstić information content (AvgIpc) is 2.54. The van der Waals surface area contributed by atoms with E-state index >= 15 is 0 Å². The van der Waals surface area contributed by atoms with Crippen molar-refractivity contribution in [3.05, 3.63) is 11.8 Å². The van der Waals surface area contributed by atoms with Crippen LogP contribution >= 0.6 is 0 Å². The molecule has 13 heavy (non-hydrogen) atoms. The van der Waals surface area contributed by atoms with Gasteiger partial charge in [-0.05, 0) is 0 Å². The van der Waals surface area contributed by atoms with Crippen molar-refractivity contribution in [1.29, 1.82) is 0 Å². The standard InChI is InChI=1S/C9H13NO3/c11-9-8(1-4-13-9)7-10-2-5-12-6-3-10/h7H,1-6H2/b8-7+. The SMILES string of the molecule is O=C1OCC/C1=C\N1CCOCC1. The molecule has 4 heteroatoms. The van der Waals surface area contributed by atoms with Gasteiger partial charge in [0.2, 0.25) is 0 Å². The first-order valence-electron chi connectivity index (χ1n) is 4.56. The Morgan fingerprint density at radius 2 is 2.00 bits per heavy atom. The average molecular weight is 183 g/mol. The molecule has 0 aromatic heterocycles. The molecule has 0 N–H and O–H groups in total. The summed E-state index contributed by atoms with van der Waals surface area (Å²) in [6.07, 6.45) is 2.66. The predicted molar refractivity (Wildman–Crippen MR) is 46.1 cm³/mol. The Labute approximate surface area is 77.1 Å². The molecule has 0 aromatic rings. The lowest BCUT2D eigenvalue weighted by Crippen LogP contribution is -2.32. The maximum Gasteiger partial charge on any atom is 0.335 e. The van der Waals surface area contributed by atoms with Gasteiger partial charge in [0, 0.05) is 25.7 Å². The number of ether oxygens (including phenoxy) is 2. The molecule has 0 atom stereocenters. The minimum Gasteiger partial charge on any atom is -0.462 e. The van der Waals surface area contributed by atoms with E-state index in [2.05, 4.69) is 4.90 Å². The maximum atomic E-state index is 11.1. The van der Waals surface area contributed by atoms with Crippen LogP contribution in [0.5, 0.6) is 0 Å². The normalized spacial score (nSPS) is 26.6. The van der Waals surface area contributed by atoms with Crippen molar-refractivity contribution in [3.63, 3.8) is 0 Å². The highest BCUT2D eigenvalue weighted by Crippen LogP contribution is 2.14. The lowest BCUT2D eigenvalue weighted by Gasteiger charge is -2.25. The Balaban J connectivity index is 1.96. The minimum absolute atomic E-state index is 0.161. The van der Waals surface area contributed by atoms with E-state index in [4.69, 9.17) is 9.47 Å². The molecule has 72 valence electrons. The highest BCUT2D eigenvalue weighted by Gasteiger charge is 2.20. The van der Waals surface area contributed by atoms with E-state index in [0.29, 0.717) is 6.61 Å². The van der Waals surface area contributed by atoms with Crippen molar-refractivity contribution in [2.24, 2.45) is 0 Å². The zero-order valence-corrected chi connectivity index (χ0v) is 7.49. The predicted octanol–water partition coefficient (Wildman–Crippen LogP) is 0.149. The molecule has 2 rings (SSSR count). The van der Waals surface area contributed by atoms with Crippen molar-refractivity contribution >= 4 is 5.97 Å². The second-order valence-corrected chi connectivity index (χ2v) is 3.19. The molecule has 0 aliphatic carbocycles. The van der Waals surface area contributed by atoms with E-state index in [9.17, 15) is 4.79 Å². The fraction of sp³-hybridized carbons (Fsp3) is 0.667. The van der Waals surface area contributed by atoms with Crippen molar-refractivity contribution in [2.45, 2.75) is 6.42 Å². The summed E-state index contributed by atoms with van der Waals surface area (Å²) in [7, 11) is 0. The van der Waals surface area contributed by atoms with Crippen LogP contribution in [0.4, 0.5) is 0 Å². The summed E-state index contributed by atoms with van der Waals surface area (Å²) in [5.41, 5.74) is 0.793. The topological polar surface area (TPSA) is 38.8 Å². The molecule has 0 saturated carbocycles. The number of esters is 1. The van der Waals surface area contributed by atoms with Crippen molar-refractivity contribution in [3.8, 4) is 0 Å². The Hall–Kier alpha value is -1.03. The third-order valence-corrected chi connectivity index (χ3v) is 2.25. The number of morpholine rings is 1. The monoisotopic (exact) mass is 183 g/mol. The molecular formula is C9H13NO3. The largest absolute Gasteiger partial charge is 0.462 e. The van der Waals surface area contributed by atoms with Crippen LogP contribution in [0.1, 0.15) is 6.42 Å². The van der Waals surface area contributed by atoms with Gasteiger partial charge in [0.25, 0.3) is 0 Å². The van der Waals surface area contributed by atoms with E-state index in [0.717, 1.165) is 38.3 Å². The summed E-state index contributed by atoms with van der Waals surface area (Å²) < 4.78 is 10.0. The van der Waals surface area contributed by atoms with E-state index in [-0.39, 0.29) is 5.97 Å². The van der Waals surface area contributed by atoms with Crippen LogP contribution in [0.25, 0.3) is 0 Å². The van der Waals surface area contributed by atoms with Crippen LogP contribution < -0.4 is 0 Å². The fourth-order valence-electron chi connectivity index (χ4n) is 1.49. The number of hydrogen-bond donors (Lipinski definition) is 0. The Morgan fingerprint density at radius 3 is 2.62 bits per heavy atom. The molecule has 0 spiro atoms. The Morgan fingerprint density at radius 1 is 1.23 bits per heavy atom. The summed E-state index contributed by atoms with van der Waals surface area (Å²) in [5, 5.41) is 0. The van der Waals surface area contributed by atoms with Gasteiger partial charge in [-0.2, -0.15) is 0 Å². The number of carbonyl (C=O) groups excluding carboxylic acids is 1. The number of hydrogen-bond acceptors (Lipinski definition) is 4. The second kappa shape index (κ2) is 3.79. The maximum absolute atomic E-state index is 11.1. The first-order valence-corrected chi connectivity index (χ1v) is 4.56. The number of cyclic esters (lactones) is 1. The van der Waals surface area contributed by atoms with Gasteiger partial charge in [0.15, 0.2) is 0 Å². The molecule has 2 aliphatic rings. The third kappa shape index (κ3) is 2.01. The molecule has 0 bridgehead atoms. The molecule has 4 nitrogen and oxygen atoms in total. The van der Waals surface area contributed by atoms with Crippen LogP contribution in [0, 0.1) is 0 Å². The smallest absolute Gasteiger partial charge is 0.335 e. The summed E-state index contributed by atoms with van der Waals surface area (Å²) in [5.74, 6) is -0.161. The molecule has 0 unspecified atom stereocenters. The van der Waals surface area contributed by atoms with Gasteiger partial charge >= 0.3 is 5.97 Å². The highest BCUT2D eigenvalue weighted by molar-refractivity contribution is 5.90. The molecular weight excluding hydrogens is 170 g/mol. The Kier molecular flexibility index (Phi) is 2.49. The van der Waals surface area contributed by atoms with Crippen molar-refractivity contribution in [1.82, 2.24) is 4.90 Å². The zero-order chi connectivity index (χ0) is 9.10. The van der Waals surface area contributed by atoms with Crippen LogP contribution in [0.15, 0.2) is 11.8 Å². The molecule has 2 heterocycles. The molecule has 0 radical (unpaired) electrons. The third-order valence-electron chi connectivity index (χ3n) is 2.25. The molecule has 2 aliphatic heterocycles. The summed E-state index contributed by atoms with van der Waals surface area (Å²) >= 11 is 0. The number of carbonyl (C=O) groups is 1. The van der Waals surface area contributed by atoms with Gasteiger partial charge in [-0.25, -0.2) is 4.79 Å². The lowest BCUT2D eigenvalue weighted by atomic mass is 10.2. The fourth-order valence-corrected chi connectivity index (χ4v) is 1.49. The summed E-state index contributed by atoms with van der Waals surface area (Å²) in [6.45, 7) is 3.78. The first kappa shape index (κ1) is 8.56. The van der Waals surface area contributed by atoms with Crippen LogP contribution in [0.2, 0.25) is 0 Å². The molecule has 2 saturated heterocycles. The van der Waals surface area contributed by atoms with Crippen LogP contribution in [-0.2, 0) is 14.3 Å². The van der Waals surface area contributed by atoms with Crippen LogP contribution in [0.3, 0.4) is 0 Å². The van der Waals surface area contributed by atoms with Gasteiger partial charge in [-0.15, -0.1) is 0 Å². The van der Waals surface area contributed by atoms with Gasteiger partial charge in [0.1, 0.15) is 0 Å². The summed E-state index contributed by atoms with van der Waals surface area (Å²) in [4.78, 5) is 13.2. The number of nitrogens with zero attached hydrogens (tertiary/aromatic N) is 1.